The molecule has 1 aliphatic carbocycles. The van der Waals surface area contributed by atoms with Gasteiger partial charge in [-0.1, -0.05) is 15.9 Å². The van der Waals surface area contributed by atoms with E-state index in [4.69, 9.17) is 0 Å². The highest BCUT2D eigenvalue weighted by molar-refractivity contribution is 9.10. The smallest absolute Gasteiger partial charge is 0.329 e. The minimum Gasteiger partial charge on any atom is -0.507 e. The summed E-state index contributed by atoms with van der Waals surface area (Å²) in [5.74, 6) is -1.46. The summed E-state index contributed by atoms with van der Waals surface area (Å²) >= 11 is 3.28. The largest absolute Gasteiger partial charge is 0.507 e. The van der Waals surface area contributed by atoms with Gasteiger partial charge < -0.3 is 10.4 Å². The molecule has 0 aromatic heterocycles. The van der Waals surface area contributed by atoms with Gasteiger partial charge in [-0.25, -0.2) is 5.43 Å². The van der Waals surface area contributed by atoms with Crippen LogP contribution in [0.1, 0.15) is 25.3 Å². The SMILES string of the molecule is C/C(=N\NC(=O)C(=O)NC1CC1)c1cc(Br)ccc1O. The molecule has 1 aliphatic rings. The van der Waals surface area contributed by atoms with Crippen LogP contribution in [0.4, 0.5) is 0 Å². The van der Waals surface area contributed by atoms with Crippen LogP contribution in [0.25, 0.3) is 0 Å². The van der Waals surface area contributed by atoms with Crippen LogP contribution >= 0.6 is 15.9 Å². The Kier molecular flexibility index (Phi) is 4.39. The first-order valence-electron chi connectivity index (χ1n) is 6.11. The lowest BCUT2D eigenvalue weighted by molar-refractivity contribution is -0.139. The van der Waals surface area contributed by atoms with Crippen LogP contribution in [0.3, 0.4) is 0 Å². The molecule has 0 heterocycles. The van der Waals surface area contributed by atoms with Crippen molar-refractivity contribution in [2.24, 2.45) is 5.10 Å². The number of hydrogen-bond acceptors (Lipinski definition) is 4. The number of carbonyl (C=O) groups is 2. The Morgan fingerprint density at radius 2 is 2.05 bits per heavy atom. The van der Waals surface area contributed by atoms with Crippen LogP contribution in [-0.2, 0) is 9.59 Å². The molecule has 0 aliphatic heterocycles. The summed E-state index contributed by atoms with van der Waals surface area (Å²) in [4.78, 5) is 22.9. The van der Waals surface area contributed by atoms with Gasteiger partial charge in [0.1, 0.15) is 5.75 Å². The number of hydrazone groups is 1. The van der Waals surface area contributed by atoms with Crippen LogP contribution in [0, 0.1) is 0 Å². The maximum Gasteiger partial charge on any atom is 0.329 e. The van der Waals surface area contributed by atoms with Crippen molar-refractivity contribution in [3.05, 3.63) is 28.2 Å². The first-order chi connectivity index (χ1) is 9.47. The predicted octanol–water partition coefficient (Wildman–Crippen LogP) is 1.27. The Bertz CT molecular complexity index is 582. The van der Waals surface area contributed by atoms with E-state index >= 15 is 0 Å². The molecule has 1 aromatic rings. The molecule has 3 N–H and O–H groups in total. The summed E-state index contributed by atoms with van der Waals surface area (Å²) in [6.07, 6.45) is 1.82. The molecule has 0 unspecified atom stereocenters. The molecule has 6 nitrogen and oxygen atoms in total. The molecular formula is C13H14BrN3O3. The van der Waals surface area contributed by atoms with Gasteiger partial charge in [-0.15, -0.1) is 0 Å². The molecule has 2 amide bonds. The van der Waals surface area contributed by atoms with Gasteiger partial charge in [-0.05, 0) is 38.0 Å². The molecule has 20 heavy (non-hydrogen) atoms. The summed E-state index contributed by atoms with van der Waals surface area (Å²) in [7, 11) is 0. The van der Waals surface area contributed by atoms with E-state index in [-0.39, 0.29) is 11.8 Å². The second-order valence-corrected chi connectivity index (χ2v) is 5.46. The maximum absolute atomic E-state index is 11.5. The molecule has 106 valence electrons. The number of benzene rings is 1. The normalized spacial score (nSPS) is 14.8. The van der Waals surface area contributed by atoms with Crippen LogP contribution in [0.2, 0.25) is 0 Å². The van der Waals surface area contributed by atoms with Crippen molar-refractivity contribution in [3.8, 4) is 5.75 Å². The Balaban J connectivity index is 2.00. The predicted molar refractivity (Wildman–Crippen MR) is 77.3 cm³/mol. The zero-order chi connectivity index (χ0) is 14.7. The lowest BCUT2D eigenvalue weighted by Crippen LogP contribution is -2.39. The highest BCUT2D eigenvalue weighted by Crippen LogP contribution is 2.22. The van der Waals surface area contributed by atoms with Crippen molar-refractivity contribution < 1.29 is 14.7 Å². The number of nitrogens with one attached hydrogen (secondary N) is 2. The number of phenolic OH excluding ortho intramolecular Hbond substituents is 1. The number of carbonyl (C=O) groups excluding carboxylic acids is 2. The van der Waals surface area contributed by atoms with Crippen LogP contribution < -0.4 is 10.7 Å². The quantitative estimate of drug-likeness (QED) is 0.440. The second kappa shape index (κ2) is 6.04. The van der Waals surface area contributed by atoms with E-state index in [1.54, 1.807) is 19.1 Å². The van der Waals surface area contributed by atoms with Crippen molar-refractivity contribution in [2.45, 2.75) is 25.8 Å². The zero-order valence-electron chi connectivity index (χ0n) is 10.8. The number of aromatic hydroxyl groups is 1. The number of rotatable bonds is 3. The lowest BCUT2D eigenvalue weighted by atomic mass is 10.1. The Morgan fingerprint density at radius 1 is 1.35 bits per heavy atom. The highest BCUT2D eigenvalue weighted by atomic mass is 79.9. The molecular weight excluding hydrogens is 326 g/mol. The molecule has 0 bridgehead atoms. The average molecular weight is 340 g/mol. The summed E-state index contributed by atoms with van der Waals surface area (Å²) in [5, 5.41) is 16.1. The third-order valence-electron chi connectivity index (χ3n) is 2.79. The number of halogens is 1. The molecule has 1 fully saturated rings. The van der Waals surface area contributed by atoms with E-state index in [9.17, 15) is 14.7 Å². The third-order valence-corrected chi connectivity index (χ3v) is 3.29. The van der Waals surface area contributed by atoms with E-state index in [1.807, 2.05) is 0 Å². The average Bonchev–Trinajstić information content (AvgIpc) is 3.22. The van der Waals surface area contributed by atoms with E-state index in [2.05, 4.69) is 31.8 Å². The van der Waals surface area contributed by atoms with Gasteiger partial charge in [0.25, 0.3) is 0 Å². The van der Waals surface area contributed by atoms with Gasteiger partial charge in [0.05, 0.1) is 5.71 Å². The molecule has 1 saturated carbocycles. The number of hydrogen-bond donors (Lipinski definition) is 3. The summed E-state index contributed by atoms with van der Waals surface area (Å²) in [6.45, 7) is 1.63. The Hall–Kier alpha value is -1.89. The van der Waals surface area contributed by atoms with Crippen LogP contribution in [-0.4, -0.2) is 28.7 Å². The number of nitrogens with zero attached hydrogens (tertiary/aromatic N) is 1. The van der Waals surface area contributed by atoms with Crippen molar-refractivity contribution >= 4 is 33.5 Å². The fourth-order valence-corrected chi connectivity index (χ4v) is 1.88. The molecule has 7 heteroatoms. The fourth-order valence-electron chi connectivity index (χ4n) is 1.52. The van der Waals surface area contributed by atoms with Crippen LogP contribution in [0.5, 0.6) is 5.75 Å². The fraction of sp³-hybridized carbons (Fsp3) is 0.308. The summed E-state index contributed by atoms with van der Waals surface area (Å²) < 4.78 is 0.776. The number of amides is 2. The van der Waals surface area contributed by atoms with Crippen molar-refractivity contribution in [2.75, 3.05) is 0 Å². The first kappa shape index (κ1) is 14.5. The molecule has 0 atom stereocenters. The van der Waals surface area contributed by atoms with E-state index < -0.39 is 11.8 Å². The van der Waals surface area contributed by atoms with Gasteiger partial charge in [0, 0.05) is 16.1 Å². The van der Waals surface area contributed by atoms with Gasteiger partial charge in [0.15, 0.2) is 0 Å². The highest BCUT2D eigenvalue weighted by Gasteiger charge is 2.26. The van der Waals surface area contributed by atoms with Gasteiger partial charge in [0.2, 0.25) is 0 Å². The van der Waals surface area contributed by atoms with E-state index in [1.165, 1.54) is 6.07 Å². The van der Waals surface area contributed by atoms with Crippen LogP contribution in [0.15, 0.2) is 27.8 Å². The van der Waals surface area contributed by atoms with Crippen molar-refractivity contribution in [1.82, 2.24) is 10.7 Å². The first-order valence-corrected chi connectivity index (χ1v) is 6.90. The topological polar surface area (TPSA) is 90.8 Å². The third kappa shape index (κ3) is 3.80. The minimum atomic E-state index is -0.814. The standard InChI is InChI=1S/C13H14BrN3O3/c1-7(10-6-8(14)2-5-11(10)18)16-17-13(20)12(19)15-9-3-4-9/h2,5-6,9,18H,3-4H2,1H3,(H,15,19)(H,17,20)/b16-7+. The van der Waals surface area contributed by atoms with Gasteiger partial charge in [-0.2, -0.15) is 5.10 Å². The molecule has 0 radical (unpaired) electrons. The maximum atomic E-state index is 11.5. The van der Waals surface area contributed by atoms with Crippen molar-refractivity contribution in [3.63, 3.8) is 0 Å². The van der Waals surface area contributed by atoms with Gasteiger partial charge in [-0.3, -0.25) is 9.59 Å². The molecule has 0 saturated heterocycles. The summed E-state index contributed by atoms with van der Waals surface area (Å²) in [6, 6.07) is 4.99. The number of phenols is 1. The molecule has 2 rings (SSSR count). The van der Waals surface area contributed by atoms with E-state index in [0.717, 1.165) is 17.3 Å². The van der Waals surface area contributed by atoms with E-state index in [0.29, 0.717) is 11.3 Å². The Morgan fingerprint density at radius 3 is 2.70 bits per heavy atom. The minimum absolute atomic E-state index is 0.0473. The van der Waals surface area contributed by atoms with Gasteiger partial charge >= 0.3 is 11.8 Å². The lowest BCUT2D eigenvalue weighted by Gasteiger charge is -2.06. The molecule has 1 aromatic carbocycles. The summed E-state index contributed by atoms with van der Waals surface area (Å²) in [5.41, 5.74) is 3.04. The Labute approximate surface area is 124 Å². The molecule has 0 spiro atoms. The monoisotopic (exact) mass is 339 g/mol. The zero-order valence-corrected chi connectivity index (χ0v) is 12.4. The second-order valence-electron chi connectivity index (χ2n) is 4.55. The van der Waals surface area contributed by atoms with Crippen molar-refractivity contribution in [1.29, 1.82) is 0 Å².